The van der Waals surface area contributed by atoms with E-state index in [9.17, 15) is 4.79 Å². The molecule has 1 N–H and O–H groups in total. The lowest BCUT2D eigenvalue weighted by atomic mass is 10.1. The van der Waals surface area contributed by atoms with Crippen LogP contribution in [-0.2, 0) is 13.0 Å². The molecule has 2 aromatic rings. The summed E-state index contributed by atoms with van der Waals surface area (Å²) in [6, 6.07) is 10.9. The van der Waals surface area contributed by atoms with E-state index in [4.69, 9.17) is 14.7 Å². The lowest BCUT2D eigenvalue weighted by Gasteiger charge is -2.05. The highest BCUT2D eigenvalue weighted by molar-refractivity contribution is 5.91. The van der Waals surface area contributed by atoms with Crippen molar-refractivity contribution in [3.05, 3.63) is 63.9 Å². The van der Waals surface area contributed by atoms with Crippen molar-refractivity contribution in [2.24, 2.45) is 5.11 Å². The SMILES string of the molecule is COc1cccc(CCNC(=O)c2ccc(CN=[N+]=[N-])o2)c1. The lowest BCUT2D eigenvalue weighted by Crippen LogP contribution is -2.25. The summed E-state index contributed by atoms with van der Waals surface area (Å²) in [7, 11) is 1.62. The molecule has 0 aliphatic heterocycles. The van der Waals surface area contributed by atoms with Crippen LogP contribution in [-0.4, -0.2) is 19.6 Å². The highest BCUT2D eigenvalue weighted by Gasteiger charge is 2.10. The maximum atomic E-state index is 11.9. The zero-order chi connectivity index (χ0) is 15.8. The first-order chi connectivity index (χ1) is 10.7. The van der Waals surface area contributed by atoms with Gasteiger partial charge in [0.15, 0.2) is 5.76 Å². The van der Waals surface area contributed by atoms with Gasteiger partial charge in [-0.1, -0.05) is 17.2 Å². The predicted octanol–water partition coefficient (Wildman–Crippen LogP) is 3.07. The topological polar surface area (TPSA) is 100 Å². The first kappa shape index (κ1) is 15.5. The van der Waals surface area contributed by atoms with Crippen LogP contribution in [0.1, 0.15) is 21.9 Å². The number of carbonyl (C=O) groups excluding carboxylic acids is 1. The Morgan fingerprint density at radius 3 is 3.05 bits per heavy atom. The fourth-order valence-electron chi connectivity index (χ4n) is 1.92. The van der Waals surface area contributed by atoms with Gasteiger partial charge in [-0.3, -0.25) is 4.79 Å². The predicted molar refractivity (Wildman–Crippen MR) is 80.6 cm³/mol. The van der Waals surface area contributed by atoms with Gasteiger partial charge in [0.2, 0.25) is 0 Å². The zero-order valence-electron chi connectivity index (χ0n) is 12.2. The molecule has 0 bridgehead atoms. The molecule has 1 aromatic heterocycles. The minimum atomic E-state index is -0.296. The Morgan fingerprint density at radius 1 is 1.41 bits per heavy atom. The highest BCUT2D eigenvalue weighted by Crippen LogP contribution is 2.13. The summed E-state index contributed by atoms with van der Waals surface area (Å²) in [5.74, 6) is 1.15. The second-order valence-electron chi connectivity index (χ2n) is 4.51. The van der Waals surface area contributed by atoms with Gasteiger partial charge in [0.25, 0.3) is 5.91 Å². The molecular formula is C15H16N4O3. The summed E-state index contributed by atoms with van der Waals surface area (Å²) in [5.41, 5.74) is 9.31. The van der Waals surface area contributed by atoms with Crippen LogP contribution in [0.5, 0.6) is 5.75 Å². The Bertz CT molecular complexity index is 690. The van der Waals surface area contributed by atoms with Crippen LogP contribution in [0, 0.1) is 0 Å². The molecule has 0 radical (unpaired) electrons. The van der Waals surface area contributed by atoms with Crippen LogP contribution in [0.4, 0.5) is 0 Å². The number of furan rings is 1. The normalized spacial score (nSPS) is 9.86. The van der Waals surface area contributed by atoms with E-state index in [1.165, 1.54) is 0 Å². The molecule has 0 fully saturated rings. The van der Waals surface area contributed by atoms with Crippen LogP contribution >= 0.6 is 0 Å². The molecule has 1 amide bonds. The number of azide groups is 1. The third-order valence-electron chi connectivity index (χ3n) is 3.01. The molecule has 0 unspecified atom stereocenters. The van der Waals surface area contributed by atoms with Gasteiger partial charge in [-0.15, -0.1) is 0 Å². The molecule has 0 aliphatic carbocycles. The van der Waals surface area contributed by atoms with E-state index in [0.717, 1.165) is 11.3 Å². The highest BCUT2D eigenvalue weighted by atomic mass is 16.5. The summed E-state index contributed by atoms with van der Waals surface area (Å²) >= 11 is 0. The number of methoxy groups -OCH3 is 1. The van der Waals surface area contributed by atoms with Crippen molar-refractivity contribution in [2.45, 2.75) is 13.0 Å². The van der Waals surface area contributed by atoms with E-state index in [-0.39, 0.29) is 18.2 Å². The first-order valence-corrected chi connectivity index (χ1v) is 6.73. The lowest BCUT2D eigenvalue weighted by molar-refractivity contribution is 0.0924. The molecule has 114 valence electrons. The van der Waals surface area contributed by atoms with E-state index in [2.05, 4.69) is 15.3 Å². The number of nitrogens with zero attached hydrogens (tertiary/aromatic N) is 3. The molecule has 1 aromatic carbocycles. The second-order valence-corrected chi connectivity index (χ2v) is 4.51. The van der Waals surface area contributed by atoms with Gasteiger partial charge in [0.1, 0.15) is 11.5 Å². The van der Waals surface area contributed by atoms with Gasteiger partial charge in [-0.2, -0.15) is 0 Å². The van der Waals surface area contributed by atoms with Gasteiger partial charge >= 0.3 is 0 Å². The fraction of sp³-hybridized carbons (Fsp3) is 0.267. The van der Waals surface area contributed by atoms with Crippen molar-refractivity contribution in [2.75, 3.05) is 13.7 Å². The van der Waals surface area contributed by atoms with Gasteiger partial charge in [-0.05, 0) is 41.8 Å². The van der Waals surface area contributed by atoms with E-state index in [1.807, 2.05) is 24.3 Å². The Balaban J connectivity index is 1.84. The molecule has 0 saturated carbocycles. The van der Waals surface area contributed by atoms with Crippen molar-refractivity contribution in [3.8, 4) is 5.75 Å². The molecule has 22 heavy (non-hydrogen) atoms. The largest absolute Gasteiger partial charge is 0.497 e. The van der Waals surface area contributed by atoms with Crippen LogP contribution in [0.2, 0.25) is 0 Å². The van der Waals surface area contributed by atoms with Gasteiger partial charge in [0.05, 0.1) is 13.7 Å². The van der Waals surface area contributed by atoms with Crippen molar-refractivity contribution < 1.29 is 13.9 Å². The number of amides is 1. The van der Waals surface area contributed by atoms with E-state index in [1.54, 1.807) is 19.2 Å². The Hall–Kier alpha value is -2.92. The molecule has 0 atom stereocenters. The number of benzene rings is 1. The minimum Gasteiger partial charge on any atom is -0.497 e. The Labute approximate surface area is 127 Å². The summed E-state index contributed by atoms with van der Waals surface area (Å²) in [6.45, 7) is 0.575. The van der Waals surface area contributed by atoms with E-state index >= 15 is 0 Å². The van der Waals surface area contributed by atoms with Crippen LogP contribution < -0.4 is 10.1 Å². The average Bonchev–Trinajstić information content (AvgIpc) is 3.02. The summed E-state index contributed by atoms with van der Waals surface area (Å²) in [5, 5.41) is 6.15. The number of hydrogen-bond acceptors (Lipinski definition) is 4. The maximum Gasteiger partial charge on any atom is 0.287 e. The number of carbonyl (C=O) groups is 1. The summed E-state index contributed by atoms with van der Waals surface area (Å²) < 4.78 is 10.4. The Kier molecular flexibility index (Phi) is 5.45. The van der Waals surface area contributed by atoms with Crippen molar-refractivity contribution in [3.63, 3.8) is 0 Å². The first-order valence-electron chi connectivity index (χ1n) is 6.73. The van der Waals surface area contributed by atoms with Gasteiger partial charge in [0, 0.05) is 11.5 Å². The number of hydrogen-bond donors (Lipinski definition) is 1. The molecule has 1 heterocycles. The third kappa shape index (κ3) is 4.29. The van der Waals surface area contributed by atoms with Crippen LogP contribution in [0.15, 0.2) is 45.9 Å². The number of nitrogens with one attached hydrogen (secondary N) is 1. The van der Waals surface area contributed by atoms with E-state index in [0.29, 0.717) is 18.7 Å². The molecule has 2 rings (SSSR count). The quantitative estimate of drug-likeness (QED) is 0.483. The fourth-order valence-corrected chi connectivity index (χ4v) is 1.92. The number of ether oxygens (including phenoxy) is 1. The van der Waals surface area contributed by atoms with Crippen molar-refractivity contribution in [1.29, 1.82) is 0 Å². The standard InChI is InChI=1S/C15H16N4O3/c1-21-12-4-2-3-11(9-12)7-8-17-15(20)14-6-5-13(22-14)10-18-19-16/h2-6,9H,7-8,10H2,1H3,(H,17,20). The summed E-state index contributed by atoms with van der Waals surface area (Å²) in [4.78, 5) is 14.5. The molecule has 0 saturated heterocycles. The zero-order valence-corrected chi connectivity index (χ0v) is 12.2. The number of rotatable bonds is 7. The van der Waals surface area contributed by atoms with Gasteiger partial charge in [-0.25, -0.2) is 0 Å². The molecular weight excluding hydrogens is 284 g/mol. The summed E-state index contributed by atoms with van der Waals surface area (Å²) in [6.07, 6.45) is 0.690. The molecule has 0 spiro atoms. The van der Waals surface area contributed by atoms with Crippen LogP contribution in [0.25, 0.3) is 10.4 Å². The minimum absolute atomic E-state index is 0.0909. The Morgan fingerprint density at radius 2 is 2.27 bits per heavy atom. The van der Waals surface area contributed by atoms with Gasteiger partial charge < -0.3 is 14.5 Å². The monoisotopic (exact) mass is 300 g/mol. The molecule has 7 heteroatoms. The van der Waals surface area contributed by atoms with Crippen molar-refractivity contribution in [1.82, 2.24) is 5.32 Å². The molecule has 0 aliphatic rings. The maximum absolute atomic E-state index is 11.9. The second kappa shape index (κ2) is 7.75. The average molecular weight is 300 g/mol. The molecule has 7 nitrogen and oxygen atoms in total. The van der Waals surface area contributed by atoms with Crippen LogP contribution in [0.3, 0.4) is 0 Å². The van der Waals surface area contributed by atoms with E-state index < -0.39 is 0 Å². The smallest absolute Gasteiger partial charge is 0.287 e. The van der Waals surface area contributed by atoms with Crippen molar-refractivity contribution >= 4 is 5.91 Å². The third-order valence-corrected chi connectivity index (χ3v) is 3.01.